The molecule has 178 valence electrons. The molecule has 1 atom stereocenters. The molecule has 2 heterocycles. The summed E-state index contributed by atoms with van der Waals surface area (Å²) < 4.78 is 17.2. The normalized spacial score (nSPS) is 14.9. The molecule has 1 aromatic heterocycles. The van der Waals surface area contributed by atoms with Gasteiger partial charge in [0.15, 0.2) is 16.9 Å². The van der Waals surface area contributed by atoms with Crippen LogP contribution < -0.4 is 14.9 Å². The Morgan fingerprint density at radius 2 is 1.77 bits per heavy atom. The molecule has 1 aliphatic heterocycles. The van der Waals surface area contributed by atoms with E-state index < -0.39 is 6.04 Å². The molecule has 0 spiro atoms. The lowest BCUT2D eigenvalue weighted by Crippen LogP contribution is -2.31. The fraction of sp³-hybridized carbons (Fsp3) is 0.185. The van der Waals surface area contributed by atoms with Gasteiger partial charge in [0.25, 0.3) is 5.91 Å². The van der Waals surface area contributed by atoms with Crippen molar-refractivity contribution >= 4 is 32.8 Å². The van der Waals surface area contributed by atoms with Crippen molar-refractivity contribution in [1.29, 1.82) is 0 Å². The molecule has 5 rings (SSSR count). The van der Waals surface area contributed by atoms with Crippen LogP contribution in [0.1, 0.15) is 33.3 Å². The van der Waals surface area contributed by atoms with Gasteiger partial charge in [0.05, 0.1) is 31.2 Å². The van der Waals surface area contributed by atoms with Gasteiger partial charge < -0.3 is 23.9 Å². The Bertz CT molecular complexity index is 1490. The van der Waals surface area contributed by atoms with Crippen molar-refractivity contribution in [3.63, 3.8) is 0 Å². The summed E-state index contributed by atoms with van der Waals surface area (Å²) in [6.45, 7) is 0.350. The second-order valence-corrected chi connectivity index (χ2v) is 9.16. The number of carbonyl (C=O) groups is 1. The molecule has 0 saturated heterocycles. The van der Waals surface area contributed by atoms with Crippen molar-refractivity contribution in [3.8, 4) is 17.2 Å². The number of hydrogen-bond donors (Lipinski definition) is 1. The molecule has 1 aliphatic rings. The van der Waals surface area contributed by atoms with Crippen LogP contribution >= 0.6 is 15.9 Å². The summed E-state index contributed by atoms with van der Waals surface area (Å²) >= 11 is 3.41. The van der Waals surface area contributed by atoms with Gasteiger partial charge in [-0.05, 0) is 60.0 Å². The first-order valence-electron chi connectivity index (χ1n) is 11.0. The van der Waals surface area contributed by atoms with Crippen molar-refractivity contribution in [2.24, 2.45) is 0 Å². The molecule has 35 heavy (non-hydrogen) atoms. The summed E-state index contributed by atoms with van der Waals surface area (Å²) in [5.74, 6) is 0.663. The number of ether oxygens (including phenoxy) is 2. The first-order chi connectivity index (χ1) is 16.9. The molecule has 1 unspecified atom stereocenters. The number of halogens is 1. The van der Waals surface area contributed by atoms with Crippen LogP contribution in [0.5, 0.6) is 17.2 Å². The Hall–Kier alpha value is -3.78. The molecule has 0 saturated carbocycles. The Balaban J connectivity index is 1.62. The fourth-order valence-corrected chi connectivity index (χ4v) is 4.84. The van der Waals surface area contributed by atoms with E-state index in [0.717, 1.165) is 15.8 Å². The second-order valence-electron chi connectivity index (χ2n) is 8.24. The lowest BCUT2D eigenvalue weighted by molar-refractivity contribution is 0.0730. The Labute approximate surface area is 209 Å². The smallest absolute Gasteiger partial charge is 0.290 e. The van der Waals surface area contributed by atoms with Gasteiger partial charge in [0, 0.05) is 11.0 Å². The van der Waals surface area contributed by atoms with E-state index in [1.807, 2.05) is 24.3 Å². The number of fused-ring (bicyclic) bond motifs is 2. The Morgan fingerprint density at radius 1 is 1.00 bits per heavy atom. The minimum Gasteiger partial charge on any atom is -0.504 e. The van der Waals surface area contributed by atoms with Gasteiger partial charge in [0.2, 0.25) is 5.76 Å². The summed E-state index contributed by atoms with van der Waals surface area (Å²) in [4.78, 5) is 28.9. The van der Waals surface area contributed by atoms with Crippen LogP contribution in [0.25, 0.3) is 11.0 Å². The maximum absolute atomic E-state index is 13.7. The molecule has 0 aliphatic carbocycles. The lowest BCUT2D eigenvalue weighted by Gasteiger charge is -2.25. The van der Waals surface area contributed by atoms with Gasteiger partial charge >= 0.3 is 0 Å². The number of aromatic hydroxyl groups is 1. The van der Waals surface area contributed by atoms with E-state index in [9.17, 15) is 14.7 Å². The van der Waals surface area contributed by atoms with Gasteiger partial charge in [-0.2, -0.15) is 0 Å². The highest BCUT2D eigenvalue weighted by molar-refractivity contribution is 9.10. The molecule has 0 radical (unpaired) electrons. The number of hydrogen-bond acceptors (Lipinski definition) is 6. The van der Waals surface area contributed by atoms with Crippen LogP contribution in [-0.2, 0) is 6.42 Å². The fourth-order valence-electron chi connectivity index (χ4n) is 4.48. The third-order valence-corrected chi connectivity index (χ3v) is 6.74. The predicted octanol–water partition coefficient (Wildman–Crippen LogP) is 5.07. The van der Waals surface area contributed by atoms with Crippen molar-refractivity contribution in [2.45, 2.75) is 12.5 Å². The number of benzene rings is 3. The molecule has 1 amide bonds. The second kappa shape index (κ2) is 9.11. The zero-order valence-corrected chi connectivity index (χ0v) is 20.7. The molecule has 8 heteroatoms. The summed E-state index contributed by atoms with van der Waals surface area (Å²) in [5, 5.41) is 10.5. The highest BCUT2D eigenvalue weighted by Crippen LogP contribution is 2.41. The third kappa shape index (κ3) is 4.04. The average Bonchev–Trinajstić information content (AvgIpc) is 3.15. The van der Waals surface area contributed by atoms with Crippen molar-refractivity contribution in [2.75, 3.05) is 20.8 Å². The number of rotatable bonds is 6. The highest BCUT2D eigenvalue weighted by atomic mass is 79.9. The maximum Gasteiger partial charge on any atom is 0.290 e. The van der Waals surface area contributed by atoms with Crippen LogP contribution in [0.3, 0.4) is 0 Å². The van der Waals surface area contributed by atoms with E-state index in [4.69, 9.17) is 13.9 Å². The predicted molar refractivity (Wildman–Crippen MR) is 134 cm³/mol. The monoisotopic (exact) mass is 535 g/mol. The van der Waals surface area contributed by atoms with Gasteiger partial charge in [0.1, 0.15) is 11.3 Å². The van der Waals surface area contributed by atoms with Crippen molar-refractivity contribution in [3.05, 3.63) is 97.8 Å². The van der Waals surface area contributed by atoms with Gasteiger partial charge in [-0.15, -0.1) is 0 Å². The summed E-state index contributed by atoms with van der Waals surface area (Å²) in [7, 11) is 3.06. The van der Waals surface area contributed by atoms with Crippen molar-refractivity contribution in [1.82, 2.24) is 4.90 Å². The number of phenols is 1. The Morgan fingerprint density at radius 3 is 2.49 bits per heavy atom. The number of amides is 1. The molecule has 1 N–H and O–H groups in total. The molecular weight excluding hydrogens is 514 g/mol. The van der Waals surface area contributed by atoms with Gasteiger partial charge in [-0.3, -0.25) is 9.59 Å². The Kier molecular flexibility index (Phi) is 5.98. The van der Waals surface area contributed by atoms with Crippen molar-refractivity contribution < 1.29 is 23.8 Å². The molecular formula is C27H22BrNO6. The first-order valence-corrected chi connectivity index (χ1v) is 11.8. The van der Waals surface area contributed by atoms with E-state index in [1.54, 1.807) is 42.3 Å². The summed E-state index contributed by atoms with van der Waals surface area (Å²) in [5.41, 5.74) is 2.03. The zero-order chi connectivity index (χ0) is 24.7. The number of carbonyl (C=O) groups excluding carboxylic acids is 1. The van der Waals surface area contributed by atoms with E-state index in [-0.39, 0.29) is 34.2 Å². The first kappa shape index (κ1) is 23.0. The molecule has 7 nitrogen and oxygen atoms in total. The number of phenolic OH excluding ortho intramolecular Hbond substituents is 1. The van der Waals surface area contributed by atoms with E-state index in [0.29, 0.717) is 29.5 Å². The van der Waals surface area contributed by atoms with Gasteiger partial charge in [-0.1, -0.05) is 34.1 Å². The average molecular weight is 536 g/mol. The lowest BCUT2D eigenvalue weighted by atomic mass is 9.98. The number of nitrogens with zero attached hydrogens (tertiary/aromatic N) is 1. The van der Waals surface area contributed by atoms with E-state index in [2.05, 4.69) is 15.9 Å². The third-order valence-electron chi connectivity index (χ3n) is 6.25. The van der Waals surface area contributed by atoms with E-state index >= 15 is 0 Å². The molecule has 4 aromatic rings. The highest BCUT2D eigenvalue weighted by Gasteiger charge is 2.42. The largest absolute Gasteiger partial charge is 0.504 e. The van der Waals surface area contributed by atoms with Crippen LogP contribution in [0.4, 0.5) is 0 Å². The summed E-state index contributed by atoms with van der Waals surface area (Å²) in [6.07, 6.45) is 0.564. The van der Waals surface area contributed by atoms with Crippen LogP contribution in [0, 0.1) is 0 Å². The summed E-state index contributed by atoms with van der Waals surface area (Å²) in [6, 6.07) is 16.9. The molecule has 0 bridgehead atoms. The maximum atomic E-state index is 13.7. The van der Waals surface area contributed by atoms with E-state index in [1.165, 1.54) is 13.2 Å². The molecule has 3 aromatic carbocycles. The van der Waals surface area contributed by atoms with Crippen LogP contribution in [0.2, 0.25) is 0 Å². The SMILES string of the molecule is COc1ccc(CCN2C(=O)c3oc4ccc(Br)cc4c(=O)c3C2c2ccc(O)c(OC)c2)cc1. The quantitative estimate of drug-likeness (QED) is 0.371. The van der Waals surface area contributed by atoms with Crippen LogP contribution in [-0.4, -0.2) is 36.7 Å². The minimum atomic E-state index is -0.690. The van der Waals surface area contributed by atoms with Crippen LogP contribution in [0.15, 0.2) is 74.3 Å². The van der Waals surface area contributed by atoms with Gasteiger partial charge in [-0.25, -0.2) is 0 Å². The molecule has 0 fully saturated rings. The standard InChI is InChI=1S/C27H22BrNO6/c1-33-18-7-3-15(4-8-18)11-12-29-24(16-5-9-20(30)22(13-16)34-2)23-25(31)19-14-17(28)6-10-21(19)35-26(23)27(29)32/h3-10,13-14,24,30H,11-12H2,1-2H3. The minimum absolute atomic E-state index is 0.0277. The zero-order valence-electron chi connectivity index (χ0n) is 19.1. The number of methoxy groups -OCH3 is 2. The topological polar surface area (TPSA) is 89.2 Å².